The number of carbonyl (C=O) groups excluding carboxylic acids is 1. The first kappa shape index (κ1) is 13.5. The van der Waals surface area contributed by atoms with E-state index in [0.29, 0.717) is 0 Å². The van der Waals surface area contributed by atoms with Crippen LogP contribution in [-0.4, -0.2) is 24.3 Å². The maximum atomic E-state index is 10.5. The molecule has 0 aliphatic rings. The Labute approximate surface area is 73.4 Å². The number of hydrogen-bond donors (Lipinski definition) is 1. The average Bonchev–Trinajstić information content (AvgIpc) is 2.03. The number of carbonyl (C=O) groups is 1. The first-order chi connectivity index (χ1) is 5.51. The molecule has 0 saturated carbocycles. The van der Waals surface area contributed by atoms with Gasteiger partial charge in [-0.3, -0.25) is 0 Å². The van der Waals surface area contributed by atoms with Crippen molar-refractivity contribution in [2.75, 3.05) is 7.11 Å². The third-order valence-electron chi connectivity index (χ3n) is 0.952. The van der Waals surface area contributed by atoms with E-state index in [4.69, 9.17) is 5.11 Å². The number of methoxy groups -OCH3 is 1. The van der Waals surface area contributed by atoms with Crippen molar-refractivity contribution in [2.45, 2.75) is 20.0 Å². The zero-order chi connectivity index (χ0) is 10.1. The maximum absolute atomic E-state index is 10.5. The molecule has 0 bridgehead atoms. The number of aliphatic hydroxyl groups excluding tert-OH is 1. The first-order valence-electron chi connectivity index (χ1n) is 3.53. The van der Waals surface area contributed by atoms with Gasteiger partial charge in [0.2, 0.25) is 0 Å². The molecule has 0 spiro atoms. The summed E-state index contributed by atoms with van der Waals surface area (Å²) in [5, 5.41) is 8.72. The topological polar surface area (TPSA) is 46.5 Å². The quantitative estimate of drug-likeness (QED) is 0.388. The average molecular weight is 172 g/mol. The molecule has 0 radical (unpaired) electrons. The highest BCUT2D eigenvalue weighted by atomic mass is 16.5. The van der Waals surface area contributed by atoms with Gasteiger partial charge in [-0.15, -0.1) is 6.58 Å². The molecule has 0 aromatic rings. The predicted octanol–water partition coefficient (Wildman–Crippen LogP) is 1.29. The summed E-state index contributed by atoms with van der Waals surface area (Å²) in [6.45, 7) is 10.0. The van der Waals surface area contributed by atoms with Gasteiger partial charge in [-0.1, -0.05) is 12.7 Å². The van der Waals surface area contributed by atoms with E-state index in [0.717, 1.165) is 0 Å². The van der Waals surface area contributed by atoms with Crippen LogP contribution in [0.3, 0.4) is 0 Å². The van der Waals surface area contributed by atoms with Crippen LogP contribution >= 0.6 is 0 Å². The molecule has 0 aliphatic carbocycles. The fourth-order valence-corrected chi connectivity index (χ4v) is 0.302. The summed E-state index contributed by atoms with van der Waals surface area (Å²) in [4.78, 5) is 10.5. The predicted molar refractivity (Wildman–Crippen MR) is 48.7 cm³/mol. The maximum Gasteiger partial charge on any atom is 0.335 e. The summed E-state index contributed by atoms with van der Waals surface area (Å²) >= 11 is 0. The SMILES string of the molecule is C=C(C(=O)OC)C(C)O.C=CC. The highest BCUT2D eigenvalue weighted by Crippen LogP contribution is 1.98. The largest absolute Gasteiger partial charge is 0.466 e. The smallest absolute Gasteiger partial charge is 0.335 e. The fourth-order valence-electron chi connectivity index (χ4n) is 0.302. The molecule has 3 heteroatoms. The van der Waals surface area contributed by atoms with E-state index >= 15 is 0 Å². The van der Waals surface area contributed by atoms with Gasteiger partial charge in [0.1, 0.15) is 0 Å². The number of ether oxygens (including phenoxy) is 1. The number of hydrogen-bond acceptors (Lipinski definition) is 3. The van der Waals surface area contributed by atoms with Gasteiger partial charge in [0.05, 0.1) is 18.8 Å². The van der Waals surface area contributed by atoms with Gasteiger partial charge >= 0.3 is 5.97 Å². The van der Waals surface area contributed by atoms with Crippen LogP contribution in [0.25, 0.3) is 0 Å². The standard InChI is InChI=1S/C6H10O3.C3H6/c1-4(5(2)7)6(8)9-3;1-3-2/h5,7H,1H2,2-3H3;3H,1H2,2H3. The van der Waals surface area contributed by atoms with Gasteiger partial charge < -0.3 is 9.84 Å². The molecule has 3 nitrogen and oxygen atoms in total. The van der Waals surface area contributed by atoms with Gasteiger partial charge in [-0.2, -0.15) is 0 Å². The molecule has 0 aliphatic heterocycles. The highest BCUT2D eigenvalue weighted by Gasteiger charge is 2.10. The van der Waals surface area contributed by atoms with Gasteiger partial charge in [-0.25, -0.2) is 4.79 Å². The number of rotatable bonds is 2. The van der Waals surface area contributed by atoms with Crippen molar-refractivity contribution < 1.29 is 14.6 Å². The van der Waals surface area contributed by atoms with Crippen molar-refractivity contribution in [3.05, 3.63) is 24.8 Å². The molecule has 0 aromatic carbocycles. The molecule has 1 N–H and O–H groups in total. The minimum absolute atomic E-state index is 0.0810. The van der Waals surface area contributed by atoms with Crippen molar-refractivity contribution in [1.82, 2.24) is 0 Å². The fraction of sp³-hybridized carbons (Fsp3) is 0.444. The molecular formula is C9H16O3. The third kappa shape index (κ3) is 7.02. The second-order valence-electron chi connectivity index (χ2n) is 2.10. The highest BCUT2D eigenvalue weighted by molar-refractivity contribution is 5.88. The zero-order valence-electron chi connectivity index (χ0n) is 7.83. The second-order valence-corrected chi connectivity index (χ2v) is 2.10. The van der Waals surface area contributed by atoms with Crippen molar-refractivity contribution in [3.63, 3.8) is 0 Å². The van der Waals surface area contributed by atoms with Gasteiger partial charge in [0.15, 0.2) is 0 Å². The van der Waals surface area contributed by atoms with E-state index in [2.05, 4.69) is 17.9 Å². The molecule has 1 atom stereocenters. The molecular weight excluding hydrogens is 156 g/mol. The van der Waals surface area contributed by atoms with E-state index in [1.165, 1.54) is 14.0 Å². The van der Waals surface area contributed by atoms with Crippen LogP contribution in [0.5, 0.6) is 0 Å². The van der Waals surface area contributed by atoms with Crippen molar-refractivity contribution in [1.29, 1.82) is 0 Å². The molecule has 12 heavy (non-hydrogen) atoms. The minimum atomic E-state index is -0.822. The molecule has 0 rings (SSSR count). The Balaban J connectivity index is 0. The van der Waals surface area contributed by atoms with E-state index < -0.39 is 12.1 Å². The Morgan fingerprint density at radius 3 is 2.08 bits per heavy atom. The van der Waals surface area contributed by atoms with Crippen molar-refractivity contribution in [2.24, 2.45) is 0 Å². The van der Waals surface area contributed by atoms with Gasteiger partial charge in [0, 0.05) is 0 Å². The van der Waals surface area contributed by atoms with Crippen LogP contribution < -0.4 is 0 Å². The Kier molecular flexibility index (Phi) is 9.01. The normalized spacial score (nSPS) is 10.3. The van der Waals surface area contributed by atoms with E-state index in [-0.39, 0.29) is 5.57 Å². The van der Waals surface area contributed by atoms with Crippen LogP contribution in [0.2, 0.25) is 0 Å². The third-order valence-corrected chi connectivity index (χ3v) is 0.952. The minimum Gasteiger partial charge on any atom is -0.466 e. The summed E-state index contributed by atoms with van der Waals surface area (Å²) in [5.74, 6) is -0.565. The second kappa shape index (κ2) is 8.01. The molecule has 0 aromatic heterocycles. The number of aliphatic hydroxyl groups is 1. The molecule has 0 amide bonds. The lowest BCUT2D eigenvalue weighted by molar-refractivity contribution is -0.137. The number of allylic oxidation sites excluding steroid dienone is 1. The lowest BCUT2D eigenvalue weighted by Crippen LogP contribution is -2.14. The summed E-state index contributed by atoms with van der Waals surface area (Å²) in [5.41, 5.74) is 0.0810. The van der Waals surface area contributed by atoms with Crippen molar-refractivity contribution in [3.8, 4) is 0 Å². The lowest BCUT2D eigenvalue weighted by atomic mass is 10.2. The monoisotopic (exact) mass is 172 g/mol. The summed E-state index contributed by atoms with van der Waals surface area (Å²) in [6, 6.07) is 0. The Morgan fingerprint density at radius 1 is 1.67 bits per heavy atom. The van der Waals surface area contributed by atoms with E-state index in [9.17, 15) is 4.79 Å². The van der Waals surface area contributed by atoms with Crippen LogP contribution in [-0.2, 0) is 9.53 Å². The molecule has 70 valence electrons. The van der Waals surface area contributed by atoms with Crippen LogP contribution in [0.4, 0.5) is 0 Å². The van der Waals surface area contributed by atoms with Gasteiger partial charge in [-0.05, 0) is 13.8 Å². The van der Waals surface area contributed by atoms with Crippen molar-refractivity contribution >= 4 is 5.97 Å². The molecule has 0 heterocycles. The summed E-state index contributed by atoms with van der Waals surface area (Å²) < 4.78 is 4.27. The van der Waals surface area contributed by atoms with Crippen LogP contribution in [0.1, 0.15) is 13.8 Å². The van der Waals surface area contributed by atoms with Crippen LogP contribution in [0.15, 0.2) is 24.8 Å². The van der Waals surface area contributed by atoms with Crippen LogP contribution in [0, 0.1) is 0 Å². The Hall–Kier alpha value is -1.09. The molecule has 0 fully saturated rings. The summed E-state index contributed by atoms with van der Waals surface area (Å²) in [7, 11) is 1.25. The Morgan fingerprint density at radius 2 is 2.00 bits per heavy atom. The molecule has 1 unspecified atom stereocenters. The molecule has 0 saturated heterocycles. The van der Waals surface area contributed by atoms with Gasteiger partial charge in [0.25, 0.3) is 0 Å². The Bertz CT molecular complexity index is 159. The zero-order valence-corrected chi connectivity index (χ0v) is 7.83. The number of esters is 1. The van der Waals surface area contributed by atoms with E-state index in [1.807, 2.05) is 6.92 Å². The summed E-state index contributed by atoms with van der Waals surface area (Å²) in [6.07, 6.45) is 0.928. The first-order valence-corrected chi connectivity index (χ1v) is 3.53. The lowest BCUT2D eigenvalue weighted by Gasteiger charge is -2.03. The van der Waals surface area contributed by atoms with E-state index in [1.54, 1.807) is 6.08 Å².